The van der Waals surface area contributed by atoms with Gasteiger partial charge in [0.2, 0.25) is 5.91 Å². The van der Waals surface area contributed by atoms with Crippen molar-refractivity contribution in [2.24, 2.45) is 0 Å². The number of carbonyl (C=O) groups excluding carboxylic acids is 1. The highest BCUT2D eigenvalue weighted by molar-refractivity contribution is 5.77. The molecular formula is C16H33N3O. The molecule has 0 aliphatic carbocycles. The van der Waals surface area contributed by atoms with Crippen LogP contribution in [0.1, 0.15) is 46.0 Å². The Kier molecular flexibility index (Phi) is 8.15. The molecule has 0 aromatic carbocycles. The minimum absolute atomic E-state index is 0.228. The summed E-state index contributed by atoms with van der Waals surface area (Å²) in [5, 5.41) is 0. The minimum Gasteiger partial charge on any atom is -0.348 e. The third-order valence-corrected chi connectivity index (χ3v) is 4.32. The van der Waals surface area contributed by atoms with Gasteiger partial charge in [-0.25, -0.2) is 0 Å². The van der Waals surface area contributed by atoms with Crippen molar-refractivity contribution in [3.63, 3.8) is 0 Å². The van der Waals surface area contributed by atoms with E-state index in [1.54, 1.807) is 4.90 Å². The molecule has 4 heteroatoms. The van der Waals surface area contributed by atoms with Crippen LogP contribution in [0.5, 0.6) is 0 Å². The highest BCUT2D eigenvalue weighted by atomic mass is 16.2. The predicted octanol–water partition coefficient (Wildman–Crippen LogP) is 2.05. The third kappa shape index (κ3) is 5.41. The first-order valence-electron chi connectivity index (χ1n) is 8.33. The van der Waals surface area contributed by atoms with Crippen molar-refractivity contribution in [3.05, 3.63) is 0 Å². The molecule has 2 aliphatic rings. The highest BCUT2D eigenvalue weighted by Gasteiger charge is 2.26. The lowest BCUT2D eigenvalue weighted by Gasteiger charge is -2.40. The Morgan fingerprint density at radius 2 is 1.55 bits per heavy atom. The van der Waals surface area contributed by atoms with Crippen molar-refractivity contribution >= 4 is 5.91 Å². The Balaban J connectivity index is 0.000000956. The summed E-state index contributed by atoms with van der Waals surface area (Å²) < 4.78 is 0. The van der Waals surface area contributed by atoms with Gasteiger partial charge in [0.15, 0.2) is 0 Å². The highest BCUT2D eigenvalue weighted by Crippen LogP contribution is 2.20. The van der Waals surface area contributed by atoms with Gasteiger partial charge in [0.1, 0.15) is 0 Å². The van der Waals surface area contributed by atoms with E-state index in [9.17, 15) is 4.79 Å². The van der Waals surface area contributed by atoms with Crippen LogP contribution in [0.25, 0.3) is 0 Å². The van der Waals surface area contributed by atoms with Crippen LogP contribution >= 0.6 is 0 Å². The number of hydrogen-bond acceptors (Lipinski definition) is 3. The second kappa shape index (κ2) is 9.35. The molecule has 0 N–H and O–H groups in total. The maximum absolute atomic E-state index is 11.7. The third-order valence-electron chi connectivity index (χ3n) is 4.32. The van der Waals surface area contributed by atoms with Crippen LogP contribution in [0.3, 0.4) is 0 Å². The van der Waals surface area contributed by atoms with Crippen LogP contribution in [-0.4, -0.2) is 73.5 Å². The first kappa shape index (κ1) is 17.4. The van der Waals surface area contributed by atoms with Crippen LogP contribution in [0.4, 0.5) is 0 Å². The summed E-state index contributed by atoms with van der Waals surface area (Å²) in [6.07, 6.45) is 6.63. The molecule has 0 saturated carbocycles. The summed E-state index contributed by atoms with van der Waals surface area (Å²) >= 11 is 0. The largest absolute Gasteiger partial charge is 0.348 e. The lowest BCUT2D eigenvalue weighted by Crippen LogP contribution is -2.48. The van der Waals surface area contributed by atoms with Crippen molar-refractivity contribution in [1.29, 1.82) is 0 Å². The Morgan fingerprint density at radius 1 is 1.00 bits per heavy atom. The summed E-state index contributed by atoms with van der Waals surface area (Å²) in [7, 11) is 3.67. The zero-order chi connectivity index (χ0) is 15.0. The smallest absolute Gasteiger partial charge is 0.236 e. The molecule has 2 saturated heterocycles. The number of piperidine rings is 2. The molecule has 118 valence electrons. The van der Waals surface area contributed by atoms with Gasteiger partial charge >= 0.3 is 0 Å². The molecule has 0 bridgehead atoms. The molecule has 0 atom stereocenters. The number of hydrogen-bond donors (Lipinski definition) is 0. The molecule has 20 heavy (non-hydrogen) atoms. The molecule has 0 aromatic heterocycles. The second-order valence-corrected chi connectivity index (χ2v) is 5.89. The van der Waals surface area contributed by atoms with Gasteiger partial charge in [-0.1, -0.05) is 20.3 Å². The van der Waals surface area contributed by atoms with Crippen LogP contribution in [0.2, 0.25) is 0 Å². The van der Waals surface area contributed by atoms with Crippen molar-refractivity contribution in [3.8, 4) is 0 Å². The number of carbonyl (C=O) groups is 1. The Labute approximate surface area is 125 Å². The fourth-order valence-corrected chi connectivity index (χ4v) is 3.06. The fraction of sp³-hybridized carbons (Fsp3) is 0.938. The van der Waals surface area contributed by atoms with Gasteiger partial charge in [0.25, 0.3) is 0 Å². The van der Waals surface area contributed by atoms with E-state index in [-0.39, 0.29) is 5.91 Å². The van der Waals surface area contributed by atoms with E-state index in [4.69, 9.17) is 0 Å². The Morgan fingerprint density at radius 3 is 2.05 bits per heavy atom. The van der Waals surface area contributed by atoms with E-state index in [0.717, 1.165) is 19.1 Å². The molecule has 2 fully saturated rings. The SMILES string of the molecule is CC.CN(C)C(=O)CN1CCC(N2CCCCC2)CC1. The summed E-state index contributed by atoms with van der Waals surface area (Å²) in [6, 6.07) is 0.774. The normalized spacial score (nSPS) is 22.0. The Bertz CT molecular complexity index is 267. The average Bonchev–Trinajstić information content (AvgIpc) is 2.51. The molecule has 2 aliphatic heterocycles. The van der Waals surface area contributed by atoms with E-state index in [0.29, 0.717) is 6.54 Å². The lowest BCUT2D eigenvalue weighted by atomic mass is 10.00. The van der Waals surface area contributed by atoms with Gasteiger partial charge in [-0.2, -0.15) is 0 Å². The van der Waals surface area contributed by atoms with Gasteiger partial charge in [0.05, 0.1) is 6.54 Å². The van der Waals surface area contributed by atoms with E-state index in [1.165, 1.54) is 45.2 Å². The van der Waals surface area contributed by atoms with E-state index >= 15 is 0 Å². The zero-order valence-electron chi connectivity index (χ0n) is 13.9. The molecule has 1 amide bonds. The fourth-order valence-electron chi connectivity index (χ4n) is 3.06. The first-order valence-corrected chi connectivity index (χ1v) is 8.33. The number of likely N-dealkylation sites (tertiary alicyclic amines) is 2. The van der Waals surface area contributed by atoms with Gasteiger partial charge in [-0.3, -0.25) is 9.69 Å². The molecule has 4 nitrogen and oxygen atoms in total. The topological polar surface area (TPSA) is 26.8 Å². The summed E-state index contributed by atoms with van der Waals surface area (Å²) in [5.74, 6) is 0.228. The minimum atomic E-state index is 0.228. The monoisotopic (exact) mass is 283 g/mol. The quantitative estimate of drug-likeness (QED) is 0.793. The van der Waals surface area contributed by atoms with Gasteiger partial charge < -0.3 is 9.80 Å². The molecule has 0 spiro atoms. The van der Waals surface area contributed by atoms with Gasteiger partial charge in [-0.15, -0.1) is 0 Å². The van der Waals surface area contributed by atoms with Crippen molar-refractivity contribution in [1.82, 2.24) is 14.7 Å². The number of likely N-dealkylation sites (N-methyl/N-ethyl adjacent to an activating group) is 1. The molecule has 2 heterocycles. The van der Waals surface area contributed by atoms with E-state index in [2.05, 4.69) is 9.80 Å². The summed E-state index contributed by atoms with van der Waals surface area (Å²) in [4.78, 5) is 18.3. The molecule has 0 aromatic rings. The number of amides is 1. The molecule has 0 radical (unpaired) electrons. The average molecular weight is 283 g/mol. The number of rotatable bonds is 3. The van der Waals surface area contributed by atoms with E-state index in [1.807, 2.05) is 27.9 Å². The van der Waals surface area contributed by atoms with Crippen molar-refractivity contribution < 1.29 is 4.79 Å². The van der Waals surface area contributed by atoms with Gasteiger partial charge in [-0.05, 0) is 38.8 Å². The summed E-state index contributed by atoms with van der Waals surface area (Å²) in [6.45, 7) is 9.35. The zero-order valence-corrected chi connectivity index (χ0v) is 13.9. The maximum atomic E-state index is 11.7. The standard InChI is InChI=1S/C14H27N3O.C2H6/c1-15(2)14(18)12-16-10-6-13(7-11-16)17-8-4-3-5-9-17;1-2/h13H,3-12H2,1-2H3;1-2H3. The Hall–Kier alpha value is -0.610. The van der Waals surface area contributed by atoms with Crippen molar-refractivity contribution in [2.75, 3.05) is 46.8 Å². The predicted molar refractivity (Wildman–Crippen MR) is 84.9 cm³/mol. The maximum Gasteiger partial charge on any atom is 0.236 e. The van der Waals surface area contributed by atoms with Crippen LogP contribution in [0.15, 0.2) is 0 Å². The lowest BCUT2D eigenvalue weighted by molar-refractivity contribution is -0.130. The van der Waals surface area contributed by atoms with Crippen LogP contribution in [0, 0.1) is 0 Å². The molecule has 2 rings (SSSR count). The number of nitrogens with zero attached hydrogens (tertiary/aromatic N) is 3. The molecule has 0 unspecified atom stereocenters. The van der Waals surface area contributed by atoms with Crippen molar-refractivity contribution in [2.45, 2.75) is 52.0 Å². The summed E-state index contributed by atoms with van der Waals surface area (Å²) in [5.41, 5.74) is 0. The van der Waals surface area contributed by atoms with E-state index < -0.39 is 0 Å². The first-order chi connectivity index (χ1) is 9.66. The van der Waals surface area contributed by atoms with Crippen LogP contribution in [-0.2, 0) is 4.79 Å². The van der Waals surface area contributed by atoms with Gasteiger partial charge in [0, 0.05) is 33.2 Å². The second-order valence-electron chi connectivity index (χ2n) is 5.89. The molecular weight excluding hydrogens is 250 g/mol. The van der Waals surface area contributed by atoms with Crippen LogP contribution < -0.4 is 0 Å².